The molecule has 1 N–H and O–H groups in total. The van der Waals surface area contributed by atoms with E-state index in [1.54, 1.807) is 6.07 Å². The molecule has 0 amide bonds. The molecule has 1 unspecified atom stereocenters. The summed E-state index contributed by atoms with van der Waals surface area (Å²) in [4.78, 5) is 0. The van der Waals surface area contributed by atoms with E-state index in [1.165, 1.54) is 17.7 Å². The van der Waals surface area contributed by atoms with Crippen molar-refractivity contribution in [2.24, 2.45) is 0 Å². The normalized spacial score (nSPS) is 12.4. The van der Waals surface area contributed by atoms with Crippen molar-refractivity contribution in [1.82, 2.24) is 0 Å². The first-order valence-corrected chi connectivity index (χ1v) is 6.06. The second-order valence-electron chi connectivity index (χ2n) is 4.71. The quantitative estimate of drug-likeness (QED) is 0.872. The van der Waals surface area contributed by atoms with Crippen molar-refractivity contribution in [3.05, 3.63) is 70.5 Å². The molecule has 0 heterocycles. The van der Waals surface area contributed by atoms with Crippen LogP contribution in [0, 0.1) is 19.7 Å². The molecule has 2 aromatic carbocycles. The van der Waals surface area contributed by atoms with Crippen molar-refractivity contribution in [3.8, 4) is 0 Å². The third-order valence-electron chi connectivity index (χ3n) is 3.15. The van der Waals surface area contributed by atoms with E-state index in [0.29, 0.717) is 12.0 Å². The van der Waals surface area contributed by atoms with Gasteiger partial charge in [0.2, 0.25) is 0 Å². The molecule has 0 bridgehead atoms. The van der Waals surface area contributed by atoms with E-state index in [1.807, 2.05) is 38.1 Å². The minimum atomic E-state index is -0.664. The van der Waals surface area contributed by atoms with Crippen LogP contribution in [0.5, 0.6) is 0 Å². The van der Waals surface area contributed by atoms with Gasteiger partial charge in [0.1, 0.15) is 5.82 Å². The van der Waals surface area contributed by atoms with Crippen molar-refractivity contribution in [2.75, 3.05) is 0 Å². The van der Waals surface area contributed by atoms with E-state index in [-0.39, 0.29) is 5.82 Å². The van der Waals surface area contributed by atoms with E-state index >= 15 is 0 Å². The Bertz CT molecular complexity index is 531. The lowest BCUT2D eigenvalue weighted by atomic mass is 9.97. The Labute approximate surface area is 107 Å². The van der Waals surface area contributed by atoms with Gasteiger partial charge in [-0.3, -0.25) is 0 Å². The van der Waals surface area contributed by atoms with Crippen LogP contribution in [0.25, 0.3) is 0 Å². The molecule has 0 aliphatic carbocycles. The summed E-state index contributed by atoms with van der Waals surface area (Å²) < 4.78 is 13.2. The monoisotopic (exact) mass is 244 g/mol. The standard InChI is InChI=1S/C16H17FO/c1-11-3-6-13(7-4-11)9-16(18)15-10-14(17)8-5-12(15)2/h3-8,10,16,18H,9H2,1-2H3. The fraction of sp³-hybridized carbons (Fsp3) is 0.250. The summed E-state index contributed by atoms with van der Waals surface area (Å²) in [5.41, 5.74) is 3.82. The van der Waals surface area contributed by atoms with Crippen LogP contribution in [0.1, 0.15) is 28.4 Å². The molecule has 0 spiro atoms. The molecule has 1 atom stereocenters. The van der Waals surface area contributed by atoms with Gasteiger partial charge in [-0.2, -0.15) is 0 Å². The van der Waals surface area contributed by atoms with Crippen LogP contribution in [-0.4, -0.2) is 5.11 Å². The summed E-state index contributed by atoms with van der Waals surface area (Å²) in [6.07, 6.45) is -0.159. The lowest BCUT2D eigenvalue weighted by Crippen LogP contribution is -2.04. The lowest BCUT2D eigenvalue weighted by molar-refractivity contribution is 0.177. The fourth-order valence-corrected chi connectivity index (χ4v) is 2.03. The summed E-state index contributed by atoms with van der Waals surface area (Å²) in [6, 6.07) is 12.5. The number of hydrogen-bond donors (Lipinski definition) is 1. The Morgan fingerprint density at radius 3 is 2.39 bits per heavy atom. The average molecular weight is 244 g/mol. The molecule has 0 fully saturated rings. The molecule has 2 rings (SSSR count). The zero-order valence-corrected chi connectivity index (χ0v) is 10.7. The minimum Gasteiger partial charge on any atom is -0.388 e. The number of benzene rings is 2. The van der Waals surface area contributed by atoms with Crippen molar-refractivity contribution in [1.29, 1.82) is 0 Å². The molecule has 18 heavy (non-hydrogen) atoms. The van der Waals surface area contributed by atoms with Crippen LogP contribution in [0.4, 0.5) is 4.39 Å². The highest BCUT2D eigenvalue weighted by Crippen LogP contribution is 2.22. The van der Waals surface area contributed by atoms with E-state index in [2.05, 4.69) is 0 Å². The topological polar surface area (TPSA) is 20.2 Å². The zero-order valence-electron chi connectivity index (χ0n) is 10.7. The van der Waals surface area contributed by atoms with Gasteiger partial charge in [0.25, 0.3) is 0 Å². The molecule has 2 aromatic rings. The molecular formula is C16H17FO. The van der Waals surface area contributed by atoms with Gasteiger partial charge in [-0.15, -0.1) is 0 Å². The molecular weight excluding hydrogens is 227 g/mol. The molecule has 0 saturated heterocycles. The molecule has 94 valence electrons. The summed E-state index contributed by atoms with van der Waals surface area (Å²) >= 11 is 0. The largest absolute Gasteiger partial charge is 0.388 e. The SMILES string of the molecule is Cc1ccc(CC(O)c2cc(F)ccc2C)cc1. The third-order valence-corrected chi connectivity index (χ3v) is 3.15. The number of aryl methyl sites for hydroxylation is 2. The Kier molecular flexibility index (Phi) is 3.78. The number of rotatable bonds is 3. The molecule has 0 aliphatic rings. The van der Waals surface area contributed by atoms with Crippen molar-refractivity contribution in [2.45, 2.75) is 26.4 Å². The Hall–Kier alpha value is -1.67. The highest BCUT2D eigenvalue weighted by atomic mass is 19.1. The van der Waals surface area contributed by atoms with Gasteiger partial charge < -0.3 is 5.11 Å². The summed E-state index contributed by atoms with van der Waals surface area (Å²) in [6.45, 7) is 3.91. The van der Waals surface area contributed by atoms with Gasteiger partial charge in [0.05, 0.1) is 6.10 Å². The number of halogens is 1. The number of hydrogen-bond acceptors (Lipinski definition) is 1. The van der Waals surface area contributed by atoms with E-state index in [9.17, 15) is 9.50 Å². The maximum absolute atomic E-state index is 13.2. The van der Waals surface area contributed by atoms with Crippen LogP contribution in [0.2, 0.25) is 0 Å². The van der Waals surface area contributed by atoms with Gasteiger partial charge in [0.15, 0.2) is 0 Å². The number of aliphatic hydroxyl groups is 1. The maximum Gasteiger partial charge on any atom is 0.123 e. The molecule has 2 heteroatoms. The molecule has 0 saturated carbocycles. The predicted octanol–water partition coefficient (Wildman–Crippen LogP) is 3.72. The second kappa shape index (κ2) is 5.32. The highest BCUT2D eigenvalue weighted by molar-refractivity contribution is 5.30. The van der Waals surface area contributed by atoms with Crippen LogP contribution in [0.3, 0.4) is 0 Å². The van der Waals surface area contributed by atoms with Crippen LogP contribution in [0.15, 0.2) is 42.5 Å². The van der Waals surface area contributed by atoms with Crippen molar-refractivity contribution < 1.29 is 9.50 Å². The summed E-state index contributed by atoms with van der Waals surface area (Å²) in [5.74, 6) is -0.307. The van der Waals surface area contributed by atoms with E-state index < -0.39 is 6.10 Å². The van der Waals surface area contributed by atoms with Crippen LogP contribution in [-0.2, 0) is 6.42 Å². The Morgan fingerprint density at radius 2 is 1.72 bits per heavy atom. The van der Waals surface area contributed by atoms with Crippen LogP contribution < -0.4 is 0 Å². The van der Waals surface area contributed by atoms with E-state index in [0.717, 1.165) is 11.1 Å². The number of aliphatic hydroxyl groups excluding tert-OH is 1. The van der Waals surface area contributed by atoms with Gasteiger partial charge in [-0.05, 0) is 42.7 Å². The summed E-state index contributed by atoms with van der Waals surface area (Å²) in [5, 5.41) is 10.2. The molecule has 1 nitrogen and oxygen atoms in total. The second-order valence-corrected chi connectivity index (χ2v) is 4.71. The Morgan fingerprint density at radius 1 is 1.06 bits per heavy atom. The first kappa shape index (κ1) is 12.8. The van der Waals surface area contributed by atoms with Gasteiger partial charge in [-0.25, -0.2) is 4.39 Å². The van der Waals surface area contributed by atoms with Crippen molar-refractivity contribution >= 4 is 0 Å². The Balaban J connectivity index is 2.18. The highest BCUT2D eigenvalue weighted by Gasteiger charge is 2.12. The maximum atomic E-state index is 13.2. The molecule has 0 aromatic heterocycles. The van der Waals surface area contributed by atoms with Crippen molar-refractivity contribution in [3.63, 3.8) is 0 Å². The molecule has 0 radical (unpaired) electrons. The van der Waals surface area contributed by atoms with Crippen LogP contribution >= 0.6 is 0 Å². The molecule has 0 aliphatic heterocycles. The van der Waals surface area contributed by atoms with Gasteiger partial charge >= 0.3 is 0 Å². The van der Waals surface area contributed by atoms with Gasteiger partial charge in [-0.1, -0.05) is 35.9 Å². The summed E-state index contributed by atoms with van der Waals surface area (Å²) in [7, 11) is 0. The fourth-order valence-electron chi connectivity index (χ4n) is 2.03. The first-order chi connectivity index (χ1) is 8.56. The predicted molar refractivity (Wildman–Crippen MR) is 71.0 cm³/mol. The first-order valence-electron chi connectivity index (χ1n) is 6.06. The smallest absolute Gasteiger partial charge is 0.123 e. The lowest BCUT2D eigenvalue weighted by Gasteiger charge is -2.14. The average Bonchev–Trinajstić information content (AvgIpc) is 2.35. The zero-order chi connectivity index (χ0) is 13.1. The third kappa shape index (κ3) is 2.96. The minimum absolute atomic E-state index is 0.307. The van der Waals surface area contributed by atoms with Gasteiger partial charge in [0, 0.05) is 6.42 Å². The van der Waals surface area contributed by atoms with E-state index in [4.69, 9.17) is 0 Å².